The number of methoxy groups -OCH3 is 1. The van der Waals surface area contributed by atoms with Crippen molar-refractivity contribution >= 4 is 11.9 Å². The number of hydrogen-bond acceptors (Lipinski definition) is 4. The van der Waals surface area contributed by atoms with Crippen LogP contribution in [0.5, 0.6) is 0 Å². The molecule has 1 fully saturated rings. The van der Waals surface area contributed by atoms with Gasteiger partial charge >= 0.3 is 5.97 Å². The lowest BCUT2D eigenvalue weighted by Crippen LogP contribution is -2.38. The van der Waals surface area contributed by atoms with Crippen LogP contribution in [-0.4, -0.2) is 36.5 Å². The van der Waals surface area contributed by atoms with Crippen molar-refractivity contribution in [2.45, 2.75) is 25.6 Å². The number of benzene rings is 2. The van der Waals surface area contributed by atoms with Gasteiger partial charge < -0.3 is 10.1 Å². The molecule has 136 valence electrons. The first-order valence-corrected chi connectivity index (χ1v) is 8.42. The number of esters is 1. The fourth-order valence-corrected chi connectivity index (χ4v) is 2.91. The highest BCUT2D eigenvalue weighted by Crippen LogP contribution is 2.25. The zero-order valence-corrected chi connectivity index (χ0v) is 14.7. The van der Waals surface area contributed by atoms with Crippen LogP contribution in [0.4, 0.5) is 4.39 Å². The van der Waals surface area contributed by atoms with E-state index in [2.05, 4.69) is 5.32 Å². The summed E-state index contributed by atoms with van der Waals surface area (Å²) < 4.78 is 18.2. The summed E-state index contributed by atoms with van der Waals surface area (Å²) in [7, 11) is 1.29. The molecule has 1 N–H and O–H groups in total. The molecule has 1 heterocycles. The third-order valence-electron chi connectivity index (χ3n) is 4.56. The minimum Gasteiger partial charge on any atom is -0.467 e. The summed E-state index contributed by atoms with van der Waals surface area (Å²) in [6, 6.07) is 12.4. The molecule has 3 atom stereocenters. The van der Waals surface area contributed by atoms with E-state index < -0.39 is 12.0 Å². The van der Waals surface area contributed by atoms with Crippen LogP contribution >= 0.6 is 0 Å². The molecule has 2 aromatic rings. The van der Waals surface area contributed by atoms with Crippen LogP contribution in [0.3, 0.4) is 0 Å². The highest BCUT2D eigenvalue weighted by molar-refractivity contribution is 5.90. The first-order valence-electron chi connectivity index (χ1n) is 8.42. The molecular weight excluding hydrogens is 335 g/mol. The van der Waals surface area contributed by atoms with E-state index >= 15 is 0 Å². The van der Waals surface area contributed by atoms with E-state index in [1.165, 1.54) is 19.2 Å². The molecule has 0 radical (unpaired) electrons. The van der Waals surface area contributed by atoms with Crippen LogP contribution in [-0.2, 0) is 20.9 Å². The van der Waals surface area contributed by atoms with E-state index in [9.17, 15) is 14.0 Å². The van der Waals surface area contributed by atoms with Crippen molar-refractivity contribution in [2.24, 2.45) is 0 Å². The molecule has 6 heteroatoms. The lowest BCUT2D eigenvalue weighted by atomic mass is 10.1. The van der Waals surface area contributed by atoms with Gasteiger partial charge in [0.05, 0.1) is 7.11 Å². The van der Waals surface area contributed by atoms with E-state index in [1.807, 2.05) is 17.9 Å². The molecule has 1 saturated heterocycles. The highest BCUT2D eigenvalue weighted by Gasteiger charge is 2.41. The van der Waals surface area contributed by atoms with Gasteiger partial charge in [0.15, 0.2) is 6.04 Å². The standard InChI is InChI=1S/C20H21FN2O3/c1-13-8-9-16(21)10-15(13)11-23-12-17(23)19(24)22-18(20(25)26-2)14-6-4-3-5-7-14/h3-10,17-18H,11-12H2,1-2H3,(H,22,24). The molecule has 1 aliphatic rings. The second-order valence-electron chi connectivity index (χ2n) is 6.39. The second-order valence-corrected chi connectivity index (χ2v) is 6.39. The Morgan fingerprint density at radius 3 is 2.69 bits per heavy atom. The van der Waals surface area contributed by atoms with Gasteiger partial charge in [-0.1, -0.05) is 36.4 Å². The van der Waals surface area contributed by atoms with Crippen molar-refractivity contribution < 1.29 is 18.7 Å². The molecule has 1 aliphatic heterocycles. The van der Waals surface area contributed by atoms with Crippen LogP contribution in [0.1, 0.15) is 22.7 Å². The maximum atomic E-state index is 13.4. The Bertz CT molecular complexity index is 810. The van der Waals surface area contributed by atoms with E-state index in [-0.39, 0.29) is 17.8 Å². The molecule has 0 saturated carbocycles. The second kappa shape index (κ2) is 7.66. The number of amides is 1. The minimum absolute atomic E-state index is 0.238. The molecule has 26 heavy (non-hydrogen) atoms. The Labute approximate surface area is 151 Å². The molecular formula is C20H21FN2O3. The summed E-state index contributed by atoms with van der Waals surface area (Å²) in [5.41, 5.74) is 2.50. The Kier molecular flexibility index (Phi) is 5.32. The topological polar surface area (TPSA) is 58.4 Å². The zero-order valence-electron chi connectivity index (χ0n) is 14.7. The summed E-state index contributed by atoms with van der Waals surface area (Å²) in [5.74, 6) is -1.04. The van der Waals surface area contributed by atoms with E-state index in [0.29, 0.717) is 18.7 Å². The summed E-state index contributed by atoms with van der Waals surface area (Å²) >= 11 is 0. The fraction of sp³-hybridized carbons (Fsp3) is 0.300. The number of carbonyl (C=O) groups is 2. The summed E-state index contributed by atoms with van der Waals surface area (Å²) in [6.45, 7) is 2.98. The largest absolute Gasteiger partial charge is 0.467 e. The van der Waals surface area contributed by atoms with Gasteiger partial charge in [-0.05, 0) is 35.7 Å². The van der Waals surface area contributed by atoms with Gasteiger partial charge in [0, 0.05) is 13.1 Å². The van der Waals surface area contributed by atoms with E-state index in [0.717, 1.165) is 11.1 Å². The highest BCUT2D eigenvalue weighted by atomic mass is 19.1. The number of ether oxygens (including phenoxy) is 1. The molecule has 3 rings (SSSR count). The average Bonchev–Trinajstić information content (AvgIpc) is 3.42. The molecule has 5 nitrogen and oxygen atoms in total. The normalized spacial score (nSPS) is 19.5. The number of aryl methyl sites for hydroxylation is 1. The number of rotatable bonds is 6. The van der Waals surface area contributed by atoms with Crippen LogP contribution in [0.15, 0.2) is 48.5 Å². The predicted octanol–water partition coefficient (Wildman–Crippen LogP) is 2.35. The molecule has 0 aromatic heterocycles. The number of nitrogens with one attached hydrogen (secondary N) is 1. The zero-order chi connectivity index (χ0) is 18.7. The van der Waals surface area contributed by atoms with Crippen molar-refractivity contribution in [3.05, 3.63) is 71.0 Å². The van der Waals surface area contributed by atoms with E-state index in [4.69, 9.17) is 4.74 Å². The van der Waals surface area contributed by atoms with E-state index in [1.54, 1.807) is 30.3 Å². The lowest BCUT2D eigenvalue weighted by Gasteiger charge is -2.17. The number of carbonyl (C=O) groups excluding carboxylic acids is 2. The number of hydrogen-bond donors (Lipinski definition) is 1. The Morgan fingerprint density at radius 1 is 1.27 bits per heavy atom. The predicted molar refractivity (Wildman–Crippen MR) is 94.7 cm³/mol. The van der Waals surface area contributed by atoms with Gasteiger partial charge in [0.2, 0.25) is 5.91 Å². The maximum absolute atomic E-state index is 13.4. The average molecular weight is 356 g/mol. The fourth-order valence-electron chi connectivity index (χ4n) is 2.91. The maximum Gasteiger partial charge on any atom is 0.333 e. The van der Waals surface area contributed by atoms with Gasteiger partial charge in [0.25, 0.3) is 0 Å². The number of nitrogens with zero attached hydrogens (tertiary/aromatic N) is 1. The number of halogens is 1. The van der Waals surface area contributed by atoms with Crippen molar-refractivity contribution in [1.82, 2.24) is 10.2 Å². The SMILES string of the molecule is COC(=O)C(NC(=O)C1CN1Cc1cc(F)ccc1C)c1ccccc1. The Hall–Kier alpha value is -2.73. The van der Waals surface area contributed by atoms with Gasteiger partial charge in [0.1, 0.15) is 11.9 Å². The molecule has 3 unspecified atom stereocenters. The van der Waals surface area contributed by atoms with Gasteiger partial charge in [-0.15, -0.1) is 0 Å². The monoisotopic (exact) mass is 356 g/mol. The molecule has 0 aliphatic carbocycles. The quantitative estimate of drug-likeness (QED) is 0.638. The van der Waals surface area contributed by atoms with Gasteiger partial charge in [-0.25, -0.2) is 9.18 Å². The third kappa shape index (κ3) is 4.08. The van der Waals surface area contributed by atoms with Crippen molar-refractivity contribution in [3.8, 4) is 0 Å². The molecule has 0 spiro atoms. The Balaban J connectivity index is 1.64. The molecule has 0 bridgehead atoms. The van der Waals surface area contributed by atoms with Crippen LogP contribution < -0.4 is 5.32 Å². The van der Waals surface area contributed by atoms with Crippen LogP contribution in [0.25, 0.3) is 0 Å². The first-order chi connectivity index (χ1) is 12.5. The van der Waals surface area contributed by atoms with Crippen molar-refractivity contribution in [2.75, 3.05) is 13.7 Å². The molecule has 2 aromatic carbocycles. The summed E-state index contributed by atoms with van der Waals surface area (Å²) in [6.07, 6.45) is 0. The van der Waals surface area contributed by atoms with Gasteiger partial charge in [-0.2, -0.15) is 0 Å². The van der Waals surface area contributed by atoms with Crippen LogP contribution in [0, 0.1) is 12.7 Å². The summed E-state index contributed by atoms with van der Waals surface area (Å²) in [4.78, 5) is 26.5. The van der Waals surface area contributed by atoms with Gasteiger partial charge in [-0.3, -0.25) is 9.69 Å². The third-order valence-corrected chi connectivity index (χ3v) is 4.56. The smallest absolute Gasteiger partial charge is 0.333 e. The lowest BCUT2D eigenvalue weighted by molar-refractivity contribution is -0.145. The first kappa shape index (κ1) is 18.1. The Morgan fingerprint density at radius 2 is 2.00 bits per heavy atom. The van der Waals surface area contributed by atoms with Crippen LogP contribution in [0.2, 0.25) is 0 Å². The summed E-state index contributed by atoms with van der Waals surface area (Å²) in [5, 5.41) is 2.76. The van der Waals surface area contributed by atoms with Crippen molar-refractivity contribution in [1.29, 1.82) is 0 Å². The minimum atomic E-state index is -0.841. The van der Waals surface area contributed by atoms with Crippen molar-refractivity contribution in [3.63, 3.8) is 0 Å². The molecule has 1 amide bonds.